The number of nitrogens with zero attached hydrogens (tertiary/aromatic N) is 2. The zero-order valence-electron chi connectivity index (χ0n) is 29.7. The monoisotopic (exact) mass is 698 g/mol. The molecular weight excluding hydrogens is 653 g/mol. The van der Waals surface area contributed by atoms with Crippen LogP contribution in [-0.4, -0.2) is 56.9 Å². The first-order chi connectivity index (χ1) is 23.8. The first kappa shape index (κ1) is 35.3. The van der Waals surface area contributed by atoms with E-state index >= 15 is 0 Å². The fourth-order valence-electron chi connectivity index (χ4n) is 6.26. The highest BCUT2D eigenvalue weighted by molar-refractivity contribution is 6.74. The molecule has 3 atom stereocenters. The third-order valence-electron chi connectivity index (χ3n) is 10.1. The van der Waals surface area contributed by atoms with E-state index in [2.05, 4.69) is 61.6 Å². The minimum absolute atomic E-state index is 0.0649. The molecule has 11 nitrogen and oxygen atoms in total. The number of rotatable bonds is 11. The van der Waals surface area contributed by atoms with Gasteiger partial charge >= 0.3 is 11.7 Å². The lowest BCUT2D eigenvalue weighted by Gasteiger charge is -2.40. The number of methoxy groups -OCH3 is 2. The molecule has 50 heavy (non-hydrogen) atoms. The number of hydrogen-bond donors (Lipinski definition) is 2. The van der Waals surface area contributed by atoms with E-state index in [4.69, 9.17) is 23.4 Å². The van der Waals surface area contributed by atoms with Gasteiger partial charge in [0.2, 0.25) is 0 Å². The third kappa shape index (κ3) is 6.93. The molecule has 0 aliphatic carbocycles. The number of urea groups is 1. The fraction of sp³-hybridized carbons (Fsp3) is 0.395. The van der Waals surface area contributed by atoms with Gasteiger partial charge in [0.1, 0.15) is 35.2 Å². The molecule has 2 amide bonds. The van der Waals surface area contributed by atoms with Gasteiger partial charge in [0.25, 0.3) is 0 Å². The number of carbonyl (C=O) groups excluding carboxylic acids is 1. The molecule has 4 aromatic rings. The Hall–Kier alpha value is -4.49. The summed E-state index contributed by atoms with van der Waals surface area (Å²) in [6.45, 7) is 11.4. The van der Waals surface area contributed by atoms with Crippen LogP contribution in [0.25, 0.3) is 0 Å². The number of hydrogen-bond acceptors (Lipinski definition) is 8. The van der Waals surface area contributed by atoms with E-state index in [9.17, 15) is 9.59 Å². The van der Waals surface area contributed by atoms with Crippen LogP contribution in [0.2, 0.25) is 18.1 Å². The van der Waals surface area contributed by atoms with Gasteiger partial charge < -0.3 is 28.7 Å². The van der Waals surface area contributed by atoms with Crippen molar-refractivity contribution in [1.82, 2.24) is 14.9 Å². The van der Waals surface area contributed by atoms with E-state index in [0.717, 1.165) is 28.2 Å². The molecular formula is C38H46N4O7Si. The molecule has 2 aliphatic heterocycles. The largest absolute Gasteiger partial charge is 0.497 e. The summed E-state index contributed by atoms with van der Waals surface area (Å²) in [6.07, 6.45) is 0.562. The molecule has 3 heterocycles. The molecule has 1 fully saturated rings. The zero-order valence-corrected chi connectivity index (χ0v) is 30.7. The van der Waals surface area contributed by atoms with Gasteiger partial charge in [0, 0.05) is 24.7 Å². The maximum absolute atomic E-state index is 13.3. The zero-order chi connectivity index (χ0) is 35.7. The van der Waals surface area contributed by atoms with Crippen LogP contribution in [0.4, 0.5) is 10.6 Å². The highest BCUT2D eigenvalue weighted by Crippen LogP contribution is 2.45. The van der Waals surface area contributed by atoms with Crippen molar-refractivity contribution >= 4 is 20.2 Å². The molecule has 0 saturated carbocycles. The number of fused-ring (bicyclic) bond motifs is 1. The van der Waals surface area contributed by atoms with E-state index in [0.29, 0.717) is 12.0 Å². The average Bonchev–Trinajstić information content (AvgIpc) is 3.50. The summed E-state index contributed by atoms with van der Waals surface area (Å²) in [5.41, 5.74) is 1.84. The van der Waals surface area contributed by atoms with Gasteiger partial charge in [-0.15, -0.1) is 0 Å². The van der Waals surface area contributed by atoms with Gasteiger partial charge in [0.05, 0.1) is 26.9 Å². The van der Waals surface area contributed by atoms with E-state index in [-0.39, 0.29) is 30.1 Å². The average molecular weight is 699 g/mol. The van der Waals surface area contributed by atoms with Gasteiger partial charge in [-0.3, -0.25) is 9.88 Å². The minimum atomic E-state index is -2.30. The predicted molar refractivity (Wildman–Crippen MR) is 193 cm³/mol. The quantitative estimate of drug-likeness (QED) is 0.133. The Morgan fingerprint density at radius 2 is 1.46 bits per heavy atom. The highest BCUT2D eigenvalue weighted by atomic mass is 28.4. The Labute approximate surface area is 294 Å². The third-order valence-corrected chi connectivity index (χ3v) is 14.6. The van der Waals surface area contributed by atoms with Crippen molar-refractivity contribution in [1.29, 1.82) is 0 Å². The molecule has 0 spiro atoms. The Kier molecular flexibility index (Phi) is 9.91. The molecule has 6 rings (SSSR count). The number of nitrogens with one attached hydrogen (secondary N) is 2. The van der Waals surface area contributed by atoms with Crippen molar-refractivity contribution in [2.75, 3.05) is 26.1 Å². The van der Waals surface area contributed by atoms with Crippen LogP contribution in [0.1, 0.15) is 55.7 Å². The lowest BCUT2D eigenvalue weighted by atomic mass is 9.80. The Morgan fingerprint density at radius 1 is 0.880 bits per heavy atom. The topological polar surface area (TPSA) is 122 Å². The molecule has 264 valence electrons. The van der Waals surface area contributed by atoms with Crippen molar-refractivity contribution in [3.05, 3.63) is 118 Å². The van der Waals surface area contributed by atoms with E-state index in [1.807, 2.05) is 66.7 Å². The number of benzene rings is 3. The van der Waals surface area contributed by atoms with E-state index in [1.54, 1.807) is 20.4 Å². The maximum atomic E-state index is 13.3. The Morgan fingerprint density at radius 3 is 2.02 bits per heavy atom. The summed E-state index contributed by atoms with van der Waals surface area (Å²) < 4.78 is 33.5. The first-order valence-corrected chi connectivity index (χ1v) is 19.7. The van der Waals surface area contributed by atoms with Crippen molar-refractivity contribution in [2.24, 2.45) is 0 Å². The second-order valence-corrected chi connectivity index (χ2v) is 19.0. The lowest BCUT2D eigenvalue weighted by Crippen LogP contribution is -2.47. The van der Waals surface area contributed by atoms with E-state index < -0.39 is 38.0 Å². The van der Waals surface area contributed by atoms with Crippen molar-refractivity contribution in [2.45, 2.75) is 75.9 Å². The fourth-order valence-corrected chi connectivity index (χ4v) is 7.62. The Bertz CT molecular complexity index is 1810. The molecule has 0 bridgehead atoms. The van der Waals surface area contributed by atoms with Crippen LogP contribution in [0.5, 0.6) is 11.5 Å². The molecule has 1 saturated heterocycles. The van der Waals surface area contributed by atoms with Crippen LogP contribution in [0.15, 0.2) is 89.9 Å². The van der Waals surface area contributed by atoms with Crippen LogP contribution in [0, 0.1) is 0 Å². The number of carbonyl (C=O) groups is 1. The van der Waals surface area contributed by atoms with Crippen LogP contribution < -0.4 is 25.8 Å². The van der Waals surface area contributed by atoms with E-state index in [1.165, 1.54) is 4.57 Å². The molecule has 12 heteroatoms. The standard InChI is InChI=1S/C38H46N4O7Si/c1-37(2,3)50(6,7)49-31-21-33(42-23-25-22-39-35(43)40-34(25)41-36(42)44)48-32(31)24-47-38(26-11-9-8-10-12-26,27-13-17-29(45-4)18-14-27)28-15-19-30(46-5)20-16-28/h8-20,23,31-33H,21-22,24H2,1-7H3,(H2,39,40,41,43,44)/t31-,32+,33+/m0/s1. The van der Waals surface area contributed by atoms with Crippen molar-refractivity contribution in [3.63, 3.8) is 0 Å². The number of aromatic nitrogens is 2. The predicted octanol–water partition coefficient (Wildman–Crippen LogP) is 6.58. The van der Waals surface area contributed by atoms with Gasteiger partial charge in [0.15, 0.2) is 8.32 Å². The van der Waals surface area contributed by atoms with Crippen molar-refractivity contribution < 1.29 is 28.2 Å². The van der Waals surface area contributed by atoms with Crippen LogP contribution in [-0.2, 0) is 26.0 Å². The molecule has 0 radical (unpaired) electrons. The summed E-state index contributed by atoms with van der Waals surface area (Å²) in [5.74, 6) is 1.72. The second kappa shape index (κ2) is 14.0. The molecule has 2 aliphatic rings. The normalized spacial score (nSPS) is 19.3. The van der Waals surface area contributed by atoms with Gasteiger partial charge in [-0.05, 0) is 59.1 Å². The summed E-state index contributed by atoms with van der Waals surface area (Å²) >= 11 is 0. The van der Waals surface area contributed by atoms with Gasteiger partial charge in [-0.1, -0.05) is 75.4 Å². The SMILES string of the molecule is COc1ccc(C(OC[C@H]2O[C@@H](n3cc4c(nc3=O)NC(=O)NC4)C[C@@H]2O[Si](C)(C)C(C)(C)C)(c2ccccc2)c2ccc(OC)cc2)cc1. The highest BCUT2D eigenvalue weighted by Gasteiger charge is 2.47. The smallest absolute Gasteiger partial charge is 0.351 e. The van der Waals surface area contributed by atoms with Gasteiger partial charge in [-0.2, -0.15) is 4.98 Å². The summed E-state index contributed by atoms with van der Waals surface area (Å²) in [6, 6.07) is 25.5. The van der Waals surface area contributed by atoms with Crippen molar-refractivity contribution in [3.8, 4) is 11.5 Å². The summed E-state index contributed by atoms with van der Waals surface area (Å²) in [7, 11) is 0.991. The minimum Gasteiger partial charge on any atom is -0.497 e. The second-order valence-electron chi connectivity index (χ2n) is 14.2. The molecule has 3 aromatic carbocycles. The number of anilines is 1. The lowest BCUT2D eigenvalue weighted by molar-refractivity contribution is -0.0928. The summed E-state index contributed by atoms with van der Waals surface area (Å²) in [4.78, 5) is 29.4. The molecule has 2 N–H and O–H groups in total. The summed E-state index contributed by atoms with van der Waals surface area (Å²) in [5, 5.41) is 5.28. The van der Waals surface area contributed by atoms with Crippen LogP contribution in [0.3, 0.4) is 0 Å². The Balaban J connectivity index is 1.41. The number of amides is 2. The molecule has 1 aromatic heterocycles. The van der Waals surface area contributed by atoms with Crippen LogP contribution >= 0.6 is 0 Å². The number of ether oxygens (including phenoxy) is 4. The molecule has 0 unspecified atom stereocenters. The maximum Gasteiger partial charge on any atom is 0.351 e. The first-order valence-electron chi connectivity index (χ1n) is 16.8. The van der Waals surface area contributed by atoms with Gasteiger partial charge in [-0.25, -0.2) is 9.59 Å².